The van der Waals surface area contributed by atoms with Gasteiger partial charge in [-0.2, -0.15) is 0 Å². The first-order chi connectivity index (χ1) is 9.34. The zero-order valence-electron chi connectivity index (χ0n) is 10.8. The standard InChI is InChI=1S/C16H17NO2/c18-16(17-10-4-7-13-11-19-13)15-9-3-6-12-5-1-2-8-14(12)15/h1-3,5-6,8-9,13H,4,7,10-11H2,(H,17,18). The Balaban J connectivity index is 1.66. The van der Waals surface area contributed by atoms with Crippen molar-refractivity contribution in [2.45, 2.75) is 18.9 Å². The highest BCUT2D eigenvalue weighted by Crippen LogP contribution is 2.18. The van der Waals surface area contributed by atoms with Gasteiger partial charge in [0.05, 0.1) is 12.7 Å². The maximum absolute atomic E-state index is 12.2. The molecule has 3 rings (SSSR count). The SMILES string of the molecule is O=C(NCCCC1CO1)c1cccc2ccccc12. The molecule has 0 aliphatic carbocycles. The molecule has 1 aliphatic heterocycles. The van der Waals surface area contributed by atoms with Crippen molar-refractivity contribution in [2.24, 2.45) is 0 Å². The van der Waals surface area contributed by atoms with Crippen LogP contribution >= 0.6 is 0 Å². The van der Waals surface area contributed by atoms with Gasteiger partial charge in [-0.3, -0.25) is 4.79 Å². The molecule has 0 saturated carbocycles. The number of carbonyl (C=O) groups excluding carboxylic acids is 1. The summed E-state index contributed by atoms with van der Waals surface area (Å²) < 4.78 is 5.15. The fourth-order valence-electron chi connectivity index (χ4n) is 2.28. The summed E-state index contributed by atoms with van der Waals surface area (Å²) in [5.74, 6) is 0.00788. The first-order valence-corrected chi connectivity index (χ1v) is 6.72. The van der Waals surface area contributed by atoms with E-state index < -0.39 is 0 Å². The third-order valence-corrected chi connectivity index (χ3v) is 3.43. The van der Waals surface area contributed by atoms with Gasteiger partial charge in [0.1, 0.15) is 0 Å². The van der Waals surface area contributed by atoms with Crippen LogP contribution in [0.5, 0.6) is 0 Å². The third-order valence-electron chi connectivity index (χ3n) is 3.43. The van der Waals surface area contributed by atoms with E-state index in [1.165, 1.54) is 0 Å². The Hall–Kier alpha value is -1.87. The lowest BCUT2D eigenvalue weighted by molar-refractivity contribution is 0.0954. The number of epoxide rings is 1. The molecule has 0 bridgehead atoms. The Morgan fingerprint density at radius 1 is 1.21 bits per heavy atom. The third kappa shape index (κ3) is 2.93. The molecule has 1 fully saturated rings. The molecule has 1 atom stereocenters. The minimum Gasteiger partial charge on any atom is -0.373 e. The maximum Gasteiger partial charge on any atom is 0.251 e. The number of amides is 1. The number of hydrogen-bond donors (Lipinski definition) is 1. The molecule has 0 radical (unpaired) electrons. The zero-order chi connectivity index (χ0) is 13.1. The van der Waals surface area contributed by atoms with Gasteiger partial charge in [-0.05, 0) is 29.7 Å². The average molecular weight is 255 g/mol. The van der Waals surface area contributed by atoms with Gasteiger partial charge in [-0.25, -0.2) is 0 Å². The molecular formula is C16H17NO2. The summed E-state index contributed by atoms with van der Waals surface area (Å²) >= 11 is 0. The van der Waals surface area contributed by atoms with Crippen molar-refractivity contribution in [3.63, 3.8) is 0 Å². The summed E-state index contributed by atoms with van der Waals surface area (Å²) in [7, 11) is 0. The Morgan fingerprint density at radius 3 is 2.84 bits per heavy atom. The molecule has 1 saturated heterocycles. The highest BCUT2D eigenvalue weighted by Gasteiger charge is 2.21. The van der Waals surface area contributed by atoms with E-state index in [1.807, 2.05) is 42.5 Å². The zero-order valence-corrected chi connectivity index (χ0v) is 10.8. The molecule has 1 unspecified atom stereocenters. The molecule has 0 spiro atoms. The second-order valence-electron chi connectivity index (χ2n) is 4.88. The molecule has 2 aromatic rings. The summed E-state index contributed by atoms with van der Waals surface area (Å²) in [5, 5.41) is 5.09. The van der Waals surface area contributed by atoms with Crippen LogP contribution in [0.25, 0.3) is 10.8 Å². The van der Waals surface area contributed by atoms with Crippen LogP contribution in [0.15, 0.2) is 42.5 Å². The molecule has 1 N–H and O–H groups in total. The Morgan fingerprint density at radius 2 is 2.00 bits per heavy atom. The van der Waals surface area contributed by atoms with E-state index in [0.29, 0.717) is 12.6 Å². The Kier molecular flexibility index (Phi) is 3.47. The van der Waals surface area contributed by atoms with E-state index in [4.69, 9.17) is 4.74 Å². The van der Waals surface area contributed by atoms with Crippen LogP contribution in [0, 0.1) is 0 Å². The molecule has 0 aromatic heterocycles. The van der Waals surface area contributed by atoms with Gasteiger partial charge in [-0.15, -0.1) is 0 Å². The van der Waals surface area contributed by atoms with Crippen molar-refractivity contribution < 1.29 is 9.53 Å². The minimum atomic E-state index is 0.00788. The topological polar surface area (TPSA) is 41.6 Å². The van der Waals surface area contributed by atoms with Crippen molar-refractivity contribution in [1.29, 1.82) is 0 Å². The van der Waals surface area contributed by atoms with Crippen LogP contribution in [0.1, 0.15) is 23.2 Å². The lowest BCUT2D eigenvalue weighted by Crippen LogP contribution is -2.24. The smallest absolute Gasteiger partial charge is 0.251 e. The molecule has 98 valence electrons. The maximum atomic E-state index is 12.2. The summed E-state index contributed by atoms with van der Waals surface area (Å²) in [6.45, 7) is 1.60. The second-order valence-corrected chi connectivity index (χ2v) is 4.88. The molecule has 2 aromatic carbocycles. The summed E-state index contributed by atoms with van der Waals surface area (Å²) in [5.41, 5.74) is 0.751. The van der Waals surface area contributed by atoms with Gasteiger partial charge in [0.2, 0.25) is 0 Å². The number of fused-ring (bicyclic) bond motifs is 1. The van der Waals surface area contributed by atoms with E-state index >= 15 is 0 Å². The van der Waals surface area contributed by atoms with E-state index in [0.717, 1.165) is 35.8 Å². The molecule has 19 heavy (non-hydrogen) atoms. The minimum absolute atomic E-state index is 0.00788. The lowest BCUT2D eigenvalue weighted by atomic mass is 10.0. The number of rotatable bonds is 5. The normalized spacial score (nSPS) is 17.4. The Labute approximate surface area is 112 Å². The largest absolute Gasteiger partial charge is 0.373 e. The number of ether oxygens (including phenoxy) is 1. The predicted octanol–water partition coefficient (Wildman–Crippen LogP) is 2.75. The first kappa shape index (κ1) is 12.2. The van der Waals surface area contributed by atoms with Gasteiger partial charge in [0.25, 0.3) is 5.91 Å². The fraction of sp³-hybridized carbons (Fsp3) is 0.312. The van der Waals surface area contributed by atoms with Crippen molar-refractivity contribution in [3.8, 4) is 0 Å². The fourth-order valence-corrected chi connectivity index (χ4v) is 2.28. The molecule has 3 heteroatoms. The van der Waals surface area contributed by atoms with E-state index in [2.05, 4.69) is 5.32 Å². The number of carbonyl (C=O) groups is 1. The van der Waals surface area contributed by atoms with Crippen molar-refractivity contribution in [3.05, 3.63) is 48.0 Å². The highest BCUT2D eigenvalue weighted by atomic mass is 16.6. The van der Waals surface area contributed by atoms with E-state index in [1.54, 1.807) is 0 Å². The van der Waals surface area contributed by atoms with Crippen LogP contribution in [0.4, 0.5) is 0 Å². The summed E-state index contributed by atoms with van der Waals surface area (Å²) in [6, 6.07) is 13.8. The molecular weight excluding hydrogens is 238 g/mol. The molecule has 1 amide bonds. The van der Waals surface area contributed by atoms with Crippen molar-refractivity contribution >= 4 is 16.7 Å². The average Bonchev–Trinajstić information content (AvgIpc) is 3.27. The van der Waals surface area contributed by atoms with Crippen molar-refractivity contribution in [1.82, 2.24) is 5.32 Å². The van der Waals surface area contributed by atoms with Crippen LogP contribution in [-0.2, 0) is 4.74 Å². The number of benzene rings is 2. The van der Waals surface area contributed by atoms with Crippen LogP contribution < -0.4 is 5.32 Å². The van der Waals surface area contributed by atoms with E-state index in [-0.39, 0.29) is 5.91 Å². The van der Waals surface area contributed by atoms with Gasteiger partial charge < -0.3 is 10.1 Å². The van der Waals surface area contributed by atoms with E-state index in [9.17, 15) is 4.79 Å². The first-order valence-electron chi connectivity index (χ1n) is 6.72. The van der Waals surface area contributed by atoms with Crippen molar-refractivity contribution in [2.75, 3.05) is 13.2 Å². The van der Waals surface area contributed by atoms with Crippen LogP contribution in [0.2, 0.25) is 0 Å². The van der Waals surface area contributed by atoms with Crippen LogP contribution in [0.3, 0.4) is 0 Å². The molecule has 3 nitrogen and oxygen atoms in total. The van der Waals surface area contributed by atoms with Crippen LogP contribution in [-0.4, -0.2) is 25.2 Å². The number of nitrogens with one attached hydrogen (secondary N) is 1. The predicted molar refractivity (Wildman–Crippen MR) is 75.3 cm³/mol. The quantitative estimate of drug-likeness (QED) is 0.659. The molecule has 1 heterocycles. The summed E-state index contributed by atoms with van der Waals surface area (Å²) in [6.07, 6.45) is 2.45. The number of hydrogen-bond acceptors (Lipinski definition) is 2. The Bertz CT molecular complexity index is 585. The second kappa shape index (κ2) is 5.41. The monoisotopic (exact) mass is 255 g/mol. The molecule has 1 aliphatic rings. The highest BCUT2D eigenvalue weighted by molar-refractivity contribution is 6.06. The van der Waals surface area contributed by atoms with Gasteiger partial charge in [-0.1, -0.05) is 36.4 Å². The summed E-state index contributed by atoms with van der Waals surface area (Å²) in [4.78, 5) is 12.2. The van der Waals surface area contributed by atoms with Gasteiger partial charge >= 0.3 is 0 Å². The van der Waals surface area contributed by atoms with Gasteiger partial charge in [0, 0.05) is 12.1 Å². The van der Waals surface area contributed by atoms with Gasteiger partial charge in [0.15, 0.2) is 0 Å². The lowest BCUT2D eigenvalue weighted by Gasteiger charge is -2.07.